The highest BCUT2D eigenvalue weighted by Crippen LogP contribution is 2.15. The molecule has 0 aromatic heterocycles. The molecule has 0 aliphatic carbocycles. The summed E-state index contributed by atoms with van der Waals surface area (Å²) in [6.45, 7) is 0.517. The van der Waals surface area contributed by atoms with Gasteiger partial charge >= 0.3 is 0 Å². The van der Waals surface area contributed by atoms with Crippen LogP contribution in [0.3, 0.4) is 0 Å². The summed E-state index contributed by atoms with van der Waals surface area (Å²) < 4.78 is 31.3. The fourth-order valence-electron chi connectivity index (χ4n) is 2.23. The van der Waals surface area contributed by atoms with Crippen LogP contribution in [0.2, 0.25) is 0 Å². The van der Waals surface area contributed by atoms with Gasteiger partial charge in [-0.15, -0.1) is 0 Å². The molecule has 0 radical (unpaired) electrons. The van der Waals surface area contributed by atoms with Crippen molar-refractivity contribution in [3.05, 3.63) is 35.4 Å². The fourth-order valence-corrected chi connectivity index (χ4v) is 2.23. The lowest BCUT2D eigenvalue weighted by Crippen LogP contribution is -2.44. The Morgan fingerprint density at radius 1 is 1.45 bits per heavy atom. The molecule has 2 atom stereocenters. The zero-order valence-electron chi connectivity index (χ0n) is 11.2. The van der Waals surface area contributed by atoms with Crippen molar-refractivity contribution < 1.29 is 23.4 Å². The van der Waals surface area contributed by atoms with Gasteiger partial charge in [-0.2, -0.15) is 0 Å². The van der Waals surface area contributed by atoms with E-state index in [1.54, 1.807) is 7.05 Å². The molecular weight excluding hydrogens is 268 g/mol. The second kappa shape index (κ2) is 6.28. The molecule has 1 aliphatic rings. The number of rotatable bonds is 4. The molecule has 2 rings (SSSR count). The number of likely N-dealkylation sites (N-methyl/N-ethyl adjacent to an activating group) is 1. The number of benzene rings is 1. The van der Waals surface area contributed by atoms with Crippen LogP contribution in [-0.2, 0) is 16.0 Å². The van der Waals surface area contributed by atoms with E-state index in [2.05, 4.69) is 0 Å². The summed E-state index contributed by atoms with van der Waals surface area (Å²) in [7, 11) is 1.59. The summed E-state index contributed by atoms with van der Waals surface area (Å²) >= 11 is 0. The first-order valence-corrected chi connectivity index (χ1v) is 6.44. The average molecular weight is 285 g/mol. The van der Waals surface area contributed by atoms with E-state index < -0.39 is 17.7 Å². The average Bonchev–Trinajstić information content (AvgIpc) is 2.82. The molecule has 0 saturated carbocycles. The third-order valence-electron chi connectivity index (χ3n) is 3.54. The monoisotopic (exact) mass is 285 g/mol. The lowest BCUT2D eigenvalue weighted by atomic mass is 10.1. The SMILES string of the molecule is CN(C(=O)CCc1ccc(F)cc1F)[C@@H]1COC[C@H]1O. The van der Waals surface area contributed by atoms with Crippen molar-refractivity contribution in [2.24, 2.45) is 0 Å². The number of aryl methyl sites for hydroxylation is 1. The first-order valence-electron chi connectivity index (χ1n) is 6.44. The minimum absolute atomic E-state index is 0.0995. The Balaban J connectivity index is 1.91. The summed E-state index contributed by atoms with van der Waals surface area (Å²) in [5.74, 6) is -1.49. The number of halogens is 2. The Bertz CT molecular complexity index is 495. The summed E-state index contributed by atoms with van der Waals surface area (Å²) in [4.78, 5) is 13.4. The highest BCUT2D eigenvalue weighted by atomic mass is 19.1. The molecule has 1 saturated heterocycles. The van der Waals surface area contributed by atoms with E-state index in [0.29, 0.717) is 12.2 Å². The molecule has 0 spiro atoms. The number of hydrogen-bond acceptors (Lipinski definition) is 3. The van der Waals surface area contributed by atoms with Crippen molar-refractivity contribution in [1.29, 1.82) is 0 Å². The maximum absolute atomic E-state index is 13.4. The molecule has 1 aromatic carbocycles. The van der Waals surface area contributed by atoms with Gasteiger partial charge in [-0.3, -0.25) is 4.79 Å². The zero-order valence-corrected chi connectivity index (χ0v) is 11.2. The predicted octanol–water partition coefficient (Wildman–Crippen LogP) is 1.12. The van der Waals surface area contributed by atoms with Gasteiger partial charge in [0.05, 0.1) is 25.4 Å². The van der Waals surface area contributed by atoms with Crippen LogP contribution in [0.25, 0.3) is 0 Å². The first kappa shape index (κ1) is 14.9. The van der Waals surface area contributed by atoms with Gasteiger partial charge in [0.2, 0.25) is 5.91 Å². The van der Waals surface area contributed by atoms with E-state index in [1.165, 1.54) is 17.0 Å². The van der Waals surface area contributed by atoms with Gasteiger partial charge in [0.15, 0.2) is 0 Å². The summed E-state index contributed by atoms with van der Waals surface area (Å²) in [6, 6.07) is 2.95. The van der Waals surface area contributed by atoms with Crippen LogP contribution in [0.5, 0.6) is 0 Å². The van der Waals surface area contributed by atoms with Crippen molar-refractivity contribution in [3.8, 4) is 0 Å². The van der Waals surface area contributed by atoms with Crippen LogP contribution in [0.15, 0.2) is 18.2 Å². The Hall–Kier alpha value is -1.53. The number of nitrogens with zero attached hydrogens (tertiary/aromatic N) is 1. The number of aliphatic hydroxyl groups excluding tert-OH is 1. The van der Waals surface area contributed by atoms with Gasteiger partial charge < -0.3 is 14.7 Å². The Labute approximate surface area is 116 Å². The molecule has 0 bridgehead atoms. The second-order valence-corrected chi connectivity index (χ2v) is 4.91. The Morgan fingerprint density at radius 3 is 2.80 bits per heavy atom. The van der Waals surface area contributed by atoms with Gasteiger partial charge in [-0.25, -0.2) is 8.78 Å². The second-order valence-electron chi connectivity index (χ2n) is 4.91. The molecular formula is C14H17F2NO3. The van der Waals surface area contributed by atoms with Crippen molar-refractivity contribution in [2.75, 3.05) is 20.3 Å². The maximum Gasteiger partial charge on any atom is 0.223 e. The number of aliphatic hydroxyl groups is 1. The number of carbonyl (C=O) groups is 1. The van der Waals surface area contributed by atoms with E-state index in [-0.39, 0.29) is 31.4 Å². The summed E-state index contributed by atoms with van der Waals surface area (Å²) in [5.41, 5.74) is 0.302. The predicted molar refractivity (Wildman–Crippen MR) is 68.1 cm³/mol. The van der Waals surface area contributed by atoms with Crippen molar-refractivity contribution in [1.82, 2.24) is 4.90 Å². The van der Waals surface area contributed by atoms with Crippen LogP contribution in [0.4, 0.5) is 8.78 Å². The van der Waals surface area contributed by atoms with E-state index in [9.17, 15) is 18.7 Å². The highest BCUT2D eigenvalue weighted by Gasteiger charge is 2.31. The third kappa shape index (κ3) is 3.32. The van der Waals surface area contributed by atoms with Gasteiger partial charge in [0, 0.05) is 19.5 Å². The fraction of sp³-hybridized carbons (Fsp3) is 0.500. The van der Waals surface area contributed by atoms with Crippen LogP contribution in [0.1, 0.15) is 12.0 Å². The summed E-state index contributed by atoms with van der Waals surface area (Å²) in [6.07, 6.45) is -0.396. The molecule has 6 heteroatoms. The molecule has 1 amide bonds. The molecule has 110 valence electrons. The van der Waals surface area contributed by atoms with Gasteiger partial charge in [0.25, 0.3) is 0 Å². The topological polar surface area (TPSA) is 49.8 Å². The van der Waals surface area contributed by atoms with Crippen LogP contribution >= 0.6 is 0 Å². The molecule has 1 N–H and O–H groups in total. The van der Waals surface area contributed by atoms with Crippen molar-refractivity contribution in [2.45, 2.75) is 25.0 Å². The van der Waals surface area contributed by atoms with Gasteiger partial charge in [0.1, 0.15) is 11.6 Å². The molecule has 1 aliphatic heterocycles. The highest BCUT2D eigenvalue weighted by molar-refractivity contribution is 5.76. The van der Waals surface area contributed by atoms with Crippen LogP contribution < -0.4 is 0 Å². The molecule has 1 heterocycles. The third-order valence-corrected chi connectivity index (χ3v) is 3.54. The lowest BCUT2D eigenvalue weighted by Gasteiger charge is -2.25. The molecule has 1 aromatic rings. The zero-order chi connectivity index (χ0) is 14.7. The van der Waals surface area contributed by atoms with Crippen LogP contribution in [0, 0.1) is 11.6 Å². The van der Waals surface area contributed by atoms with E-state index in [4.69, 9.17) is 4.74 Å². The van der Waals surface area contributed by atoms with E-state index in [1.807, 2.05) is 0 Å². The normalized spacial score (nSPS) is 22.0. The van der Waals surface area contributed by atoms with Crippen molar-refractivity contribution in [3.63, 3.8) is 0 Å². The Morgan fingerprint density at radius 2 is 2.20 bits per heavy atom. The molecule has 20 heavy (non-hydrogen) atoms. The quantitative estimate of drug-likeness (QED) is 0.902. The number of ether oxygens (including phenoxy) is 1. The first-order chi connectivity index (χ1) is 9.49. The maximum atomic E-state index is 13.4. The number of amides is 1. The number of carbonyl (C=O) groups excluding carboxylic acids is 1. The van der Waals surface area contributed by atoms with Gasteiger partial charge in [-0.05, 0) is 18.1 Å². The smallest absolute Gasteiger partial charge is 0.223 e. The number of hydrogen-bond donors (Lipinski definition) is 1. The molecule has 0 unspecified atom stereocenters. The largest absolute Gasteiger partial charge is 0.388 e. The van der Waals surface area contributed by atoms with E-state index >= 15 is 0 Å². The van der Waals surface area contributed by atoms with Gasteiger partial charge in [-0.1, -0.05) is 6.07 Å². The summed E-state index contributed by atoms with van der Waals surface area (Å²) in [5, 5.41) is 9.65. The minimum atomic E-state index is -0.688. The van der Waals surface area contributed by atoms with Crippen molar-refractivity contribution >= 4 is 5.91 Å². The molecule has 4 nitrogen and oxygen atoms in total. The molecule has 1 fully saturated rings. The van der Waals surface area contributed by atoms with E-state index in [0.717, 1.165) is 6.07 Å². The van der Waals surface area contributed by atoms with Crippen LogP contribution in [-0.4, -0.2) is 48.3 Å². The minimum Gasteiger partial charge on any atom is -0.388 e. The standard InChI is InChI=1S/C14H17F2NO3/c1-17(12-7-20-8-13(12)18)14(19)5-3-9-2-4-10(15)6-11(9)16/h2,4,6,12-13,18H,3,5,7-8H2,1H3/t12-,13-/m1/s1. The lowest BCUT2D eigenvalue weighted by molar-refractivity contribution is -0.133. The Kier molecular flexibility index (Phi) is 4.67.